The summed E-state index contributed by atoms with van der Waals surface area (Å²) in [5.41, 5.74) is 0.821. The minimum Gasteiger partial charge on any atom is -0.455 e. The fourth-order valence-corrected chi connectivity index (χ4v) is 3.08. The molecule has 2 rings (SSSR count). The van der Waals surface area contributed by atoms with Crippen LogP contribution in [-0.4, -0.2) is 35.5 Å². The van der Waals surface area contributed by atoms with Gasteiger partial charge in [0.2, 0.25) is 0 Å². The van der Waals surface area contributed by atoms with Gasteiger partial charge in [-0.1, -0.05) is 23.7 Å². The van der Waals surface area contributed by atoms with Crippen LogP contribution in [0.1, 0.15) is 38.7 Å². The molecule has 1 aromatic rings. The van der Waals surface area contributed by atoms with Crippen molar-refractivity contribution in [3.63, 3.8) is 0 Å². The third-order valence-electron chi connectivity index (χ3n) is 4.10. The van der Waals surface area contributed by atoms with E-state index in [1.165, 1.54) is 0 Å². The molecule has 1 fully saturated rings. The maximum atomic E-state index is 12.3. The number of amides is 1. The van der Waals surface area contributed by atoms with E-state index in [1.54, 1.807) is 24.3 Å². The maximum Gasteiger partial charge on any atom is 0.310 e. The van der Waals surface area contributed by atoms with Crippen molar-refractivity contribution in [1.82, 2.24) is 4.90 Å². The van der Waals surface area contributed by atoms with E-state index in [4.69, 9.17) is 16.3 Å². The fraction of sp³-hybridized carbons (Fsp3) is 0.529. The minimum absolute atomic E-state index is 0.107. The lowest BCUT2D eigenvalue weighted by Crippen LogP contribution is -2.49. The zero-order valence-electron chi connectivity index (χ0n) is 13.0. The Balaban J connectivity index is 1.82. The van der Waals surface area contributed by atoms with E-state index >= 15 is 0 Å². The summed E-state index contributed by atoms with van der Waals surface area (Å²) in [6, 6.07) is 7.44. The Hall–Kier alpha value is -1.55. The lowest BCUT2D eigenvalue weighted by Gasteiger charge is -2.38. The predicted molar refractivity (Wildman–Crippen MR) is 85.7 cm³/mol. The molecule has 1 heterocycles. The molecule has 0 N–H and O–H groups in total. The number of likely N-dealkylation sites (tertiary alicyclic amines) is 1. The molecule has 1 aliphatic rings. The maximum absolute atomic E-state index is 12.3. The topological polar surface area (TPSA) is 46.6 Å². The Morgan fingerprint density at radius 1 is 1.18 bits per heavy atom. The van der Waals surface area contributed by atoms with Crippen molar-refractivity contribution < 1.29 is 14.3 Å². The average molecular weight is 324 g/mol. The molecule has 1 amide bonds. The second kappa shape index (κ2) is 7.63. The summed E-state index contributed by atoms with van der Waals surface area (Å²) < 4.78 is 5.12. The van der Waals surface area contributed by atoms with Crippen LogP contribution in [0.5, 0.6) is 0 Å². The van der Waals surface area contributed by atoms with Crippen molar-refractivity contribution in [3.8, 4) is 0 Å². The first-order chi connectivity index (χ1) is 10.5. The molecule has 0 aliphatic carbocycles. The van der Waals surface area contributed by atoms with Gasteiger partial charge in [0.15, 0.2) is 6.61 Å². The molecule has 4 nitrogen and oxygen atoms in total. The Morgan fingerprint density at radius 2 is 1.77 bits per heavy atom. The zero-order valence-corrected chi connectivity index (χ0v) is 13.8. The van der Waals surface area contributed by atoms with Gasteiger partial charge in [-0.15, -0.1) is 0 Å². The number of piperidine rings is 1. The van der Waals surface area contributed by atoms with Crippen molar-refractivity contribution in [2.75, 3.05) is 6.61 Å². The standard InChI is InChI=1S/C17H22ClNO3/c1-12-4-3-5-13(2)19(12)16(20)11-22-17(21)10-14-6-8-15(18)9-7-14/h6-9,12-13H,3-5,10-11H2,1-2H3/t12-,13-/m1/s1. The Bertz CT molecular complexity index is 519. The van der Waals surface area contributed by atoms with Gasteiger partial charge in [0.25, 0.3) is 5.91 Å². The van der Waals surface area contributed by atoms with Crippen molar-refractivity contribution in [1.29, 1.82) is 0 Å². The monoisotopic (exact) mass is 323 g/mol. The summed E-state index contributed by atoms with van der Waals surface area (Å²) in [6.07, 6.45) is 3.31. The molecule has 2 atom stereocenters. The van der Waals surface area contributed by atoms with E-state index in [2.05, 4.69) is 0 Å². The van der Waals surface area contributed by atoms with Gasteiger partial charge in [0.05, 0.1) is 6.42 Å². The van der Waals surface area contributed by atoms with Gasteiger partial charge in [-0.25, -0.2) is 0 Å². The number of rotatable bonds is 4. The van der Waals surface area contributed by atoms with Crippen LogP contribution in [0.3, 0.4) is 0 Å². The molecular weight excluding hydrogens is 302 g/mol. The van der Waals surface area contributed by atoms with Gasteiger partial charge in [0, 0.05) is 17.1 Å². The van der Waals surface area contributed by atoms with Crippen molar-refractivity contribution in [2.45, 2.75) is 51.6 Å². The number of hydrogen-bond acceptors (Lipinski definition) is 3. The molecule has 0 unspecified atom stereocenters. The van der Waals surface area contributed by atoms with Crippen LogP contribution in [0.15, 0.2) is 24.3 Å². The first-order valence-electron chi connectivity index (χ1n) is 7.68. The molecule has 0 spiro atoms. The van der Waals surface area contributed by atoms with Gasteiger partial charge in [-0.05, 0) is 50.8 Å². The van der Waals surface area contributed by atoms with Gasteiger partial charge in [0.1, 0.15) is 0 Å². The largest absolute Gasteiger partial charge is 0.455 e. The first-order valence-corrected chi connectivity index (χ1v) is 8.06. The molecule has 0 bridgehead atoms. The normalized spacial score (nSPS) is 21.5. The first kappa shape index (κ1) is 16.8. The predicted octanol–water partition coefficient (Wildman–Crippen LogP) is 3.22. The van der Waals surface area contributed by atoms with Crippen LogP contribution >= 0.6 is 11.6 Å². The van der Waals surface area contributed by atoms with E-state index in [9.17, 15) is 9.59 Å². The minimum atomic E-state index is -0.395. The van der Waals surface area contributed by atoms with E-state index in [0.29, 0.717) is 5.02 Å². The van der Waals surface area contributed by atoms with Crippen molar-refractivity contribution in [2.24, 2.45) is 0 Å². The summed E-state index contributed by atoms with van der Waals surface area (Å²) in [7, 11) is 0. The number of hydrogen-bond donors (Lipinski definition) is 0. The Labute approximate surface area is 136 Å². The van der Waals surface area contributed by atoms with Crippen LogP contribution in [0, 0.1) is 0 Å². The molecule has 0 aromatic heterocycles. The lowest BCUT2D eigenvalue weighted by molar-refractivity contribution is -0.154. The van der Waals surface area contributed by atoms with Crippen molar-refractivity contribution >= 4 is 23.5 Å². The quantitative estimate of drug-likeness (QED) is 0.799. The number of nitrogens with zero attached hydrogens (tertiary/aromatic N) is 1. The smallest absolute Gasteiger partial charge is 0.310 e. The molecule has 0 saturated carbocycles. The summed E-state index contributed by atoms with van der Waals surface area (Å²) in [5, 5.41) is 0.625. The second-order valence-corrected chi connectivity index (χ2v) is 6.33. The van der Waals surface area contributed by atoms with Gasteiger partial charge in [-0.2, -0.15) is 0 Å². The van der Waals surface area contributed by atoms with Crippen LogP contribution in [-0.2, 0) is 20.7 Å². The third kappa shape index (κ3) is 4.47. The Morgan fingerprint density at radius 3 is 2.36 bits per heavy atom. The molecule has 120 valence electrons. The van der Waals surface area contributed by atoms with E-state index < -0.39 is 5.97 Å². The fourth-order valence-electron chi connectivity index (χ4n) is 2.95. The highest BCUT2D eigenvalue weighted by Gasteiger charge is 2.29. The van der Waals surface area contributed by atoms with Crippen LogP contribution in [0.4, 0.5) is 0 Å². The number of carbonyl (C=O) groups is 2. The highest BCUT2D eigenvalue weighted by molar-refractivity contribution is 6.30. The molecule has 1 aliphatic heterocycles. The summed E-state index contributed by atoms with van der Waals surface area (Å²) in [4.78, 5) is 25.9. The van der Waals surface area contributed by atoms with E-state index in [0.717, 1.165) is 24.8 Å². The number of ether oxygens (including phenoxy) is 1. The van der Waals surface area contributed by atoms with Gasteiger partial charge in [-0.3, -0.25) is 9.59 Å². The molecule has 0 radical (unpaired) electrons. The zero-order chi connectivity index (χ0) is 16.1. The molecule has 1 saturated heterocycles. The SMILES string of the molecule is C[C@@H]1CCC[C@@H](C)N1C(=O)COC(=O)Cc1ccc(Cl)cc1. The van der Waals surface area contributed by atoms with Gasteiger partial charge < -0.3 is 9.64 Å². The number of carbonyl (C=O) groups excluding carboxylic acids is 2. The van der Waals surface area contributed by atoms with E-state index in [-0.39, 0.29) is 31.0 Å². The Kier molecular flexibility index (Phi) is 5.83. The van der Waals surface area contributed by atoms with E-state index in [1.807, 2.05) is 18.7 Å². The lowest BCUT2D eigenvalue weighted by atomic mass is 9.97. The average Bonchev–Trinajstić information content (AvgIpc) is 2.47. The van der Waals surface area contributed by atoms with Crippen LogP contribution in [0.2, 0.25) is 5.02 Å². The van der Waals surface area contributed by atoms with Crippen LogP contribution < -0.4 is 0 Å². The number of benzene rings is 1. The van der Waals surface area contributed by atoms with Crippen molar-refractivity contribution in [3.05, 3.63) is 34.9 Å². The second-order valence-electron chi connectivity index (χ2n) is 5.89. The highest BCUT2D eigenvalue weighted by Crippen LogP contribution is 2.22. The third-order valence-corrected chi connectivity index (χ3v) is 4.35. The molecular formula is C17H22ClNO3. The number of esters is 1. The number of halogens is 1. The van der Waals surface area contributed by atoms with Gasteiger partial charge >= 0.3 is 5.97 Å². The summed E-state index contributed by atoms with van der Waals surface area (Å²) in [5.74, 6) is -0.503. The molecule has 5 heteroatoms. The molecule has 22 heavy (non-hydrogen) atoms. The summed E-state index contributed by atoms with van der Waals surface area (Å²) in [6.45, 7) is 3.91. The van der Waals surface area contributed by atoms with Crippen LogP contribution in [0.25, 0.3) is 0 Å². The molecule has 1 aromatic carbocycles. The summed E-state index contributed by atoms with van der Waals surface area (Å²) >= 11 is 5.80. The highest BCUT2D eigenvalue weighted by atomic mass is 35.5.